The standard InChI is InChI=1S/C33H56O7S.Na/c1-2-3-4-5-6-7-8-9-10-11-12-13-14-15-16-17-18-19-20-23-27-39-32(34)30-25-21-22-26-31(30)33(35)40-28-24-29-41(36,37)38;/h21-22,25-26H,2-20,23-24,27-29H2,1H3,(H,36,37,38);/q;+1/p-1. The van der Waals surface area contributed by atoms with E-state index in [1.54, 1.807) is 12.1 Å². The van der Waals surface area contributed by atoms with Gasteiger partial charge in [0.1, 0.15) is 0 Å². The fourth-order valence-electron chi connectivity index (χ4n) is 4.92. The van der Waals surface area contributed by atoms with E-state index in [9.17, 15) is 22.6 Å². The van der Waals surface area contributed by atoms with Gasteiger partial charge in [-0.05, 0) is 25.0 Å². The fourth-order valence-corrected chi connectivity index (χ4v) is 5.39. The van der Waals surface area contributed by atoms with Crippen molar-refractivity contribution in [1.82, 2.24) is 0 Å². The number of unbranched alkanes of at least 4 members (excludes halogenated alkanes) is 19. The molecule has 42 heavy (non-hydrogen) atoms. The van der Waals surface area contributed by atoms with Crippen LogP contribution in [0.2, 0.25) is 0 Å². The summed E-state index contributed by atoms with van der Waals surface area (Å²) in [5.41, 5.74) is 0.174. The van der Waals surface area contributed by atoms with Crippen LogP contribution in [0.1, 0.15) is 162 Å². The Morgan fingerprint density at radius 3 is 1.21 bits per heavy atom. The second-order valence-corrected chi connectivity index (χ2v) is 12.7. The molecule has 0 saturated carbocycles. The van der Waals surface area contributed by atoms with Gasteiger partial charge in [-0.15, -0.1) is 0 Å². The summed E-state index contributed by atoms with van der Waals surface area (Å²) in [5.74, 6) is -1.94. The third-order valence-electron chi connectivity index (χ3n) is 7.37. The van der Waals surface area contributed by atoms with Gasteiger partial charge in [-0.25, -0.2) is 18.0 Å². The minimum absolute atomic E-state index is 0. The molecule has 0 amide bonds. The van der Waals surface area contributed by atoms with E-state index < -0.39 is 27.8 Å². The predicted molar refractivity (Wildman–Crippen MR) is 164 cm³/mol. The van der Waals surface area contributed by atoms with E-state index in [1.807, 2.05) is 0 Å². The summed E-state index contributed by atoms with van der Waals surface area (Å²) >= 11 is 0. The average molecular weight is 619 g/mol. The zero-order chi connectivity index (χ0) is 30.0. The van der Waals surface area contributed by atoms with Crippen LogP contribution in [-0.2, 0) is 19.6 Å². The van der Waals surface area contributed by atoms with E-state index in [2.05, 4.69) is 6.92 Å². The van der Waals surface area contributed by atoms with E-state index >= 15 is 0 Å². The molecule has 0 fully saturated rings. The van der Waals surface area contributed by atoms with Crippen LogP contribution in [-0.4, -0.2) is 43.9 Å². The van der Waals surface area contributed by atoms with Crippen LogP contribution in [0.5, 0.6) is 0 Å². The monoisotopic (exact) mass is 618 g/mol. The summed E-state index contributed by atoms with van der Waals surface area (Å²) < 4.78 is 42.3. The second kappa shape index (κ2) is 27.6. The zero-order valence-electron chi connectivity index (χ0n) is 26.5. The summed E-state index contributed by atoms with van der Waals surface area (Å²) in [4.78, 5) is 24.8. The quantitative estimate of drug-likeness (QED) is 0.0534. The van der Waals surface area contributed by atoms with Crippen molar-refractivity contribution >= 4 is 22.1 Å². The number of benzene rings is 1. The molecule has 0 aromatic heterocycles. The predicted octanol–water partition coefficient (Wildman–Crippen LogP) is 5.76. The molecule has 0 bridgehead atoms. The zero-order valence-corrected chi connectivity index (χ0v) is 29.4. The van der Waals surface area contributed by atoms with Crippen LogP contribution >= 0.6 is 0 Å². The van der Waals surface area contributed by atoms with E-state index in [-0.39, 0.29) is 53.7 Å². The molecule has 0 radical (unpaired) electrons. The molecule has 1 rings (SSSR count). The van der Waals surface area contributed by atoms with Crippen LogP contribution in [0, 0.1) is 0 Å². The molecule has 0 spiro atoms. The van der Waals surface area contributed by atoms with Gasteiger partial charge in [-0.2, -0.15) is 0 Å². The summed E-state index contributed by atoms with van der Waals surface area (Å²) in [6.07, 6.45) is 26.1. The Kier molecular flexibility index (Phi) is 27.0. The minimum Gasteiger partial charge on any atom is -0.748 e. The Balaban J connectivity index is 0.0000168. The van der Waals surface area contributed by atoms with E-state index in [4.69, 9.17) is 9.47 Å². The molecule has 9 heteroatoms. The van der Waals surface area contributed by atoms with Crippen molar-refractivity contribution in [2.45, 2.75) is 142 Å². The Morgan fingerprint density at radius 1 is 0.571 bits per heavy atom. The molecule has 0 atom stereocenters. The second-order valence-electron chi connectivity index (χ2n) is 11.2. The van der Waals surface area contributed by atoms with Crippen LogP contribution < -0.4 is 29.6 Å². The first-order chi connectivity index (χ1) is 19.8. The SMILES string of the molecule is CCCCCCCCCCCCCCCCCCCCCCOC(=O)c1ccccc1C(=O)OCCCS(=O)(=O)[O-].[Na+]. The van der Waals surface area contributed by atoms with Crippen molar-refractivity contribution in [3.05, 3.63) is 35.4 Å². The molecule has 236 valence electrons. The maximum atomic E-state index is 12.5. The van der Waals surface area contributed by atoms with Crippen molar-refractivity contribution < 1.29 is 61.6 Å². The molecule has 0 unspecified atom stereocenters. The van der Waals surface area contributed by atoms with Crippen LogP contribution in [0.3, 0.4) is 0 Å². The number of ether oxygens (including phenoxy) is 2. The molecule has 0 heterocycles. The van der Waals surface area contributed by atoms with Gasteiger partial charge in [0.25, 0.3) is 0 Å². The van der Waals surface area contributed by atoms with E-state index in [0.717, 1.165) is 19.3 Å². The number of hydrogen-bond acceptors (Lipinski definition) is 7. The Bertz CT molecular complexity index is 921. The third kappa shape index (κ3) is 23.5. The van der Waals surface area contributed by atoms with Crippen molar-refractivity contribution in [3.8, 4) is 0 Å². The molecule has 0 saturated heterocycles. The summed E-state index contributed by atoms with van der Waals surface area (Å²) in [5, 5.41) is 0. The first kappa shape index (κ1) is 41.1. The van der Waals surface area contributed by atoms with E-state index in [1.165, 1.54) is 121 Å². The maximum absolute atomic E-state index is 12.5. The number of carbonyl (C=O) groups excluding carboxylic acids is 2. The third-order valence-corrected chi connectivity index (χ3v) is 8.16. The summed E-state index contributed by atoms with van der Waals surface area (Å²) in [7, 11) is -4.36. The smallest absolute Gasteiger partial charge is 0.748 e. The molecule has 0 aliphatic carbocycles. The summed E-state index contributed by atoms with van der Waals surface area (Å²) in [6.45, 7) is 2.35. The van der Waals surface area contributed by atoms with Crippen LogP contribution in [0.15, 0.2) is 24.3 Å². The van der Waals surface area contributed by atoms with Gasteiger partial charge in [-0.3, -0.25) is 0 Å². The molecule has 0 aliphatic heterocycles. The van der Waals surface area contributed by atoms with Crippen LogP contribution in [0.25, 0.3) is 0 Å². The molecular weight excluding hydrogens is 563 g/mol. The topological polar surface area (TPSA) is 110 Å². The minimum atomic E-state index is -4.36. The number of esters is 2. The first-order valence-electron chi connectivity index (χ1n) is 16.2. The molecule has 1 aromatic carbocycles. The normalized spacial score (nSPS) is 11.2. The van der Waals surface area contributed by atoms with Crippen molar-refractivity contribution in [3.63, 3.8) is 0 Å². The Morgan fingerprint density at radius 2 is 0.881 bits per heavy atom. The van der Waals surface area contributed by atoms with Gasteiger partial charge >= 0.3 is 41.5 Å². The van der Waals surface area contributed by atoms with E-state index in [0.29, 0.717) is 6.61 Å². The van der Waals surface area contributed by atoms with Gasteiger partial charge in [0, 0.05) is 5.75 Å². The molecule has 7 nitrogen and oxygen atoms in total. The molecular formula is C33H55NaO7S. The number of hydrogen-bond donors (Lipinski definition) is 0. The van der Waals surface area contributed by atoms with Gasteiger partial charge in [0.05, 0.1) is 34.5 Å². The van der Waals surface area contributed by atoms with Crippen molar-refractivity contribution in [2.24, 2.45) is 0 Å². The largest absolute Gasteiger partial charge is 1.00 e. The number of carbonyl (C=O) groups is 2. The first-order valence-corrected chi connectivity index (χ1v) is 17.8. The van der Waals surface area contributed by atoms with Crippen molar-refractivity contribution in [1.29, 1.82) is 0 Å². The fraction of sp³-hybridized carbons (Fsp3) is 0.758. The van der Waals surface area contributed by atoms with Crippen LogP contribution in [0.4, 0.5) is 0 Å². The van der Waals surface area contributed by atoms with Gasteiger partial charge < -0.3 is 14.0 Å². The average Bonchev–Trinajstić information content (AvgIpc) is 2.95. The molecule has 0 N–H and O–H groups in total. The van der Waals surface area contributed by atoms with Gasteiger partial charge in [0.2, 0.25) is 0 Å². The van der Waals surface area contributed by atoms with Gasteiger partial charge in [0.15, 0.2) is 0 Å². The maximum Gasteiger partial charge on any atom is 1.00 e. The Hall–Kier alpha value is -0.930. The van der Waals surface area contributed by atoms with Crippen molar-refractivity contribution in [2.75, 3.05) is 19.0 Å². The number of rotatable bonds is 27. The molecule has 1 aromatic rings. The molecule has 0 aliphatic rings. The van der Waals surface area contributed by atoms with Gasteiger partial charge in [-0.1, -0.05) is 141 Å². The summed E-state index contributed by atoms with van der Waals surface area (Å²) in [6, 6.07) is 6.20. The Labute approximate surface area is 278 Å².